The molecule has 1 unspecified atom stereocenters. The molecule has 1 fully saturated rings. The lowest BCUT2D eigenvalue weighted by Crippen LogP contribution is -2.45. The lowest BCUT2D eigenvalue weighted by atomic mass is 10.2. The first-order valence-electron chi connectivity index (χ1n) is 6.41. The average molecular weight is 256 g/mol. The monoisotopic (exact) mass is 256 g/mol. The number of likely N-dealkylation sites (N-methyl/N-ethyl adjacent to an activating group) is 1. The Morgan fingerprint density at radius 3 is 2.39 bits per heavy atom. The number of rotatable bonds is 5. The zero-order valence-corrected chi connectivity index (χ0v) is 11.9. The van der Waals surface area contributed by atoms with Gasteiger partial charge >= 0.3 is 5.97 Å². The fourth-order valence-electron chi connectivity index (χ4n) is 1.43. The summed E-state index contributed by atoms with van der Waals surface area (Å²) in [6.07, 6.45) is 2.13. The molecular formula is C13H24N2O3. The molecule has 0 saturated heterocycles. The van der Waals surface area contributed by atoms with Crippen LogP contribution in [0.15, 0.2) is 0 Å². The molecule has 0 heterocycles. The summed E-state index contributed by atoms with van der Waals surface area (Å²) in [4.78, 5) is 25.1. The summed E-state index contributed by atoms with van der Waals surface area (Å²) in [5.74, 6) is -0.334. The smallest absolute Gasteiger partial charge is 0.323 e. The van der Waals surface area contributed by atoms with Crippen LogP contribution in [0.2, 0.25) is 0 Å². The summed E-state index contributed by atoms with van der Waals surface area (Å²) >= 11 is 0. The number of carbonyl (C=O) groups is 2. The van der Waals surface area contributed by atoms with Gasteiger partial charge in [0.15, 0.2) is 0 Å². The van der Waals surface area contributed by atoms with Crippen molar-refractivity contribution in [2.45, 2.75) is 58.2 Å². The van der Waals surface area contributed by atoms with Crippen molar-refractivity contribution in [1.82, 2.24) is 10.2 Å². The van der Waals surface area contributed by atoms with Gasteiger partial charge in [-0.2, -0.15) is 0 Å². The van der Waals surface area contributed by atoms with Crippen molar-refractivity contribution in [2.24, 2.45) is 0 Å². The minimum absolute atomic E-state index is 0.0320. The van der Waals surface area contributed by atoms with Gasteiger partial charge < -0.3 is 10.1 Å². The Kier molecular flexibility index (Phi) is 4.73. The molecule has 5 nitrogen and oxygen atoms in total. The molecule has 0 aliphatic heterocycles. The molecule has 1 amide bonds. The summed E-state index contributed by atoms with van der Waals surface area (Å²) in [5.41, 5.74) is -0.498. The average Bonchev–Trinajstić information content (AvgIpc) is 2.97. The number of hydrogen-bond acceptors (Lipinski definition) is 4. The Labute approximate surface area is 109 Å². The SMILES string of the molecule is CC(C(=O)OC(C)(C)C)N(C)CC(=O)NC1CC1. The number of nitrogens with zero attached hydrogens (tertiary/aromatic N) is 1. The van der Waals surface area contributed by atoms with Gasteiger partial charge in [-0.3, -0.25) is 14.5 Å². The van der Waals surface area contributed by atoms with E-state index in [2.05, 4.69) is 5.32 Å². The molecule has 0 spiro atoms. The lowest BCUT2D eigenvalue weighted by molar-refractivity contribution is -0.160. The van der Waals surface area contributed by atoms with Crippen LogP contribution < -0.4 is 5.32 Å². The molecule has 0 aromatic rings. The van der Waals surface area contributed by atoms with Gasteiger partial charge in [0, 0.05) is 6.04 Å². The number of hydrogen-bond donors (Lipinski definition) is 1. The predicted molar refractivity (Wildman–Crippen MR) is 69.1 cm³/mol. The predicted octanol–water partition coefficient (Wildman–Crippen LogP) is 0.927. The van der Waals surface area contributed by atoms with Crippen LogP contribution in [-0.4, -0.2) is 48.1 Å². The van der Waals surface area contributed by atoms with Crippen molar-refractivity contribution in [3.63, 3.8) is 0 Å². The quantitative estimate of drug-likeness (QED) is 0.743. The highest BCUT2D eigenvalue weighted by Gasteiger charge is 2.27. The second kappa shape index (κ2) is 5.69. The van der Waals surface area contributed by atoms with Crippen LogP contribution in [-0.2, 0) is 14.3 Å². The largest absolute Gasteiger partial charge is 0.459 e. The first kappa shape index (κ1) is 15.0. The zero-order valence-electron chi connectivity index (χ0n) is 11.9. The summed E-state index contributed by atoms with van der Waals surface area (Å²) in [7, 11) is 1.75. The van der Waals surface area contributed by atoms with Crippen molar-refractivity contribution in [1.29, 1.82) is 0 Å². The number of amides is 1. The third-order valence-corrected chi connectivity index (χ3v) is 2.74. The molecule has 0 aromatic heterocycles. The third-order valence-electron chi connectivity index (χ3n) is 2.74. The van der Waals surface area contributed by atoms with Crippen LogP contribution in [0, 0.1) is 0 Å². The van der Waals surface area contributed by atoms with E-state index in [-0.39, 0.29) is 18.4 Å². The Balaban J connectivity index is 2.36. The van der Waals surface area contributed by atoms with Crippen molar-refractivity contribution >= 4 is 11.9 Å². The molecule has 1 atom stereocenters. The van der Waals surface area contributed by atoms with Gasteiger partial charge in [0.05, 0.1) is 6.54 Å². The number of esters is 1. The molecular weight excluding hydrogens is 232 g/mol. The summed E-state index contributed by atoms with van der Waals surface area (Å²) < 4.78 is 5.28. The fourth-order valence-corrected chi connectivity index (χ4v) is 1.43. The van der Waals surface area contributed by atoms with Crippen LogP contribution >= 0.6 is 0 Å². The lowest BCUT2D eigenvalue weighted by Gasteiger charge is -2.27. The van der Waals surface area contributed by atoms with Gasteiger partial charge in [-0.05, 0) is 47.6 Å². The Morgan fingerprint density at radius 2 is 1.94 bits per heavy atom. The van der Waals surface area contributed by atoms with Gasteiger partial charge in [-0.1, -0.05) is 0 Å². The topological polar surface area (TPSA) is 58.6 Å². The summed E-state index contributed by atoms with van der Waals surface area (Å²) in [6.45, 7) is 7.46. The van der Waals surface area contributed by atoms with Crippen LogP contribution in [0.1, 0.15) is 40.5 Å². The Bertz CT molecular complexity index is 319. The van der Waals surface area contributed by atoms with Crippen molar-refractivity contribution < 1.29 is 14.3 Å². The van der Waals surface area contributed by atoms with E-state index in [4.69, 9.17) is 4.74 Å². The molecule has 18 heavy (non-hydrogen) atoms. The standard InChI is InChI=1S/C13H24N2O3/c1-9(12(17)18-13(2,3)4)15(5)8-11(16)14-10-6-7-10/h9-10H,6-8H2,1-5H3,(H,14,16). The highest BCUT2D eigenvalue weighted by atomic mass is 16.6. The molecule has 1 rings (SSSR count). The minimum atomic E-state index is -0.498. The van der Waals surface area contributed by atoms with E-state index in [1.54, 1.807) is 18.9 Å². The maximum absolute atomic E-state index is 11.8. The van der Waals surface area contributed by atoms with Crippen LogP contribution in [0.3, 0.4) is 0 Å². The fraction of sp³-hybridized carbons (Fsp3) is 0.846. The normalized spacial score (nSPS) is 17.4. The molecule has 1 saturated carbocycles. The molecule has 0 bridgehead atoms. The van der Waals surface area contributed by atoms with Gasteiger partial charge in [-0.25, -0.2) is 0 Å². The number of nitrogens with one attached hydrogen (secondary N) is 1. The summed E-state index contributed by atoms with van der Waals surface area (Å²) in [5, 5.41) is 2.89. The second-order valence-electron chi connectivity index (χ2n) is 5.97. The van der Waals surface area contributed by atoms with E-state index in [9.17, 15) is 9.59 Å². The van der Waals surface area contributed by atoms with E-state index in [0.717, 1.165) is 12.8 Å². The van der Waals surface area contributed by atoms with Gasteiger partial charge in [0.1, 0.15) is 11.6 Å². The van der Waals surface area contributed by atoms with E-state index < -0.39 is 11.6 Å². The van der Waals surface area contributed by atoms with Gasteiger partial charge in [-0.15, -0.1) is 0 Å². The van der Waals surface area contributed by atoms with E-state index in [1.807, 2.05) is 20.8 Å². The molecule has 1 aliphatic carbocycles. The van der Waals surface area contributed by atoms with Crippen molar-refractivity contribution in [2.75, 3.05) is 13.6 Å². The first-order chi connectivity index (χ1) is 8.19. The zero-order chi connectivity index (χ0) is 13.9. The Hall–Kier alpha value is -1.10. The highest BCUT2D eigenvalue weighted by Crippen LogP contribution is 2.18. The first-order valence-corrected chi connectivity index (χ1v) is 6.41. The van der Waals surface area contributed by atoms with Crippen molar-refractivity contribution in [3.05, 3.63) is 0 Å². The molecule has 104 valence electrons. The molecule has 0 radical (unpaired) electrons. The van der Waals surface area contributed by atoms with E-state index >= 15 is 0 Å². The molecule has 1 aliphatic rings. The van der Waals surface area contributed by atoms with E-state index in [0.29, 0.717) is 6.04 Å². The van der Waals surface area contributed by atoms with Crippen molar-refractivity contribution in [3.8, 4) is 0 Å². The maximum Gasteiger partial charge on any atom is 0.323 e. The summed E-state index contributed by atoms with van der Waals surface area (Å²) in [6, 6.07) is -0.0723. The third kappa shape index (κ3) is 5.49. The van der Waals surface area contributed by atoms with Crippen LogP contribution in [0.5, 0.6) is 0 Å². The van der Waals surface area contributed by atoms with Crippen LogP contribution in [0.25, 0.3) is 0 Å². The minimum Gasteiger partial charge on any atom is -0.459 e. The van der Waals surface area contributed by atoms with Crippen LogP contribution in [0.4, 0.5) is 0 Å². The maximum atomic E-state index is 11.8. The highest BCUT2D eigenvalue weighted by molar-refractivity contribution is 5.80. The molecule has 1 N–H and O–H groups in total. The van der Waals surface area contributed by atoms with E-state index in [1.165, 1.54) is 0 Å². The molecule has 5 heteroatoms. The van der Waals surface area contributed by atoms with Gasteiger partial charge in [0.2, 0.25) is 5.91 Å². The number of carbonyl (C=O) groups excluding carboxylic acids is 2. The Morgan fingerprint density at radius 1 is 1.39 bits per heavy atom. The number of ether oxygens (including phenoxy) is 1. The molecule has 0 aromatic carbocycles. The van der Waals surface area contributed by atoms with Gasteiger partial charge in [0.25, 0.3) is 0 Å². The second-order valence-corrected chi connectivity index (χ2v) is 5.97.